The molecular weight excluding hydrogens is 224 g/mol. The Balaban J connectivity index is 2.08. The molecule has 1 fully saturated rings. The number of nitrogens with one attached hydrogen (secondary N) is 2. The largest absolute Gasteiger partial charge is 0.356 e. The highest BCUT2D eigenvalue weighted by molar-refractivity contribution is 7.98. The number of piperidine rings is 1. The number of hydrogen-bond acceptors (Lipinski definition) is 3. The highest BCUT2D eigenvalue weighted by atomic mass is 32.2. The predicted octanol–water partition coefficient (Wildman–Crippen LogP) is 0.772. The minimum absolute atomic E-state index is 0.0294. The molecule has 0 radical (unpaired) electrons. The number of hydrogen-bond donors (Lipinski definition) is 2. The van der Waals surface area contributed by atoms with E-state index in [1.165, 1.54) is 0 Å². The van der Waals surface area contributed by atoms with E-state index >= 15 is 0 Å². The van der Waals surface area contributed by atoms with Crippen LogP contribution in [-0.2, 0) is 9.59 Å². The highest BCUT2D eigenvalue weighted by Gasteiger charge is 2.23. The summed E-state index contributed by atoms with van der Waals surface area (Å²) in [6.07, 6.45) is 5.42. The van der Waals surface area contributed by atoms with Gasteiger partial charge in [-0.2, -0.15) is 11.8 Å². The smallest absolute Gasteiger partial charge is 0.224 e. The lowest BCUT2D eigenvalue weighted by molar-refractivity contribution is -0.128. The van der Waals surface area contributed by atoms with Crippen molar-refractivity contribution in [2.24, 2.45) is 5.92 Å². The monoisotopic (exact) mass is 244 g/mol. The lowest BCUT2D eigenvalue weighted by atomic mass is 9.98. The maximum absolute atomic E-state index is 11.7. The number of thioether (sulfide) groups is 1. The molecule has 4 nitrogen and oxygen atoms in total. The summed E-state index contributed by atoms with van der Waals surface area (Å²) >= 11 is 1.83. The van der Waals surface area contributed by atoms with Crippen molar-refractivity contribution in [3.8, 4) is 0 Å². The van der Waals surface area contributed by atoms with Gasteiger partial charge < -0.3 is 10.6 Å². The summed E-state index contributed by atoms with van der Waals surface area (Å²) in [5, 5.41) is 5.65. The van der Waals surface area contributed by atoms with Crippen LogP contribution in [0, 0.1) is 5.92 Å². The molecule has 1 saturated heterocycles. The van der Waals surface area contributed by atoms with Crippen LogP contribution in [0.2, 0.25) is 0 Å². The Kier molecular flexibility index (Phi) is 6.30. The molecule has 0 bridgehead atoms. The summed E-state index contributed by atoms with van der Waals surface area (Å²) < 4.78 is 0. The van der Waals surface area contributed by atoms with Gasteiger partial charge in [-0.1, -0.05) is 0 Å². The van der Waals surface area contributed by atoms with Gasteiger partial charge in [0.05, 0.1) is 5.92 Å². The van der Waals surface area contributed by atoms with Crippen molar-refractivity contribution >= 4 is 23.6 Å². The van der Waals surface area contributed by atoms with E-state index in [4.69, 9.17) is 0 Å². The Morgan fingerprint density at radius 1 is 1.56 bits per heavy atom. The van der Waals surface area contributed by atoms with Crippen molar-refractivity contribution in [1.82, 2.24) is 10.6 Å². The average Bonchev–Trinajstić information content (AvgIpc) is 2.29. The first kappa shape index (κ1) is 13.4. The Morgan fingerprint density at radius 2 is 2.38 bits per heavy atom. The Hall–Kier alpha value is -0.710. The van der Waals surface area contributed by atoms with Crippen LogP contribution in [0.25, 0.3) is 0 Å². The Morgan fingerprint density at radius 3 is 3.00 bits per heavy atom. The van der Waals surface area contributed by atoms with Crippen molar-refractivity contribution < 1.29 is 9.59 Å². The first-order valence-corrected chi connectivity index (χ1v) is 7.16. The SMILES string of the molecule is CSCCCCNC(=O)C1CCC(=O)NC1. The minimum atomic E-state index is -0.0294. The molecule has 0 aromatic rings. The van der Waals surface area contributed by atoms with Gasteiger partial charge in [0.15, 0.2) is 0 Å². The quantitative estimate of drug-likeness (QED) is 0.679. The highest BCUT2D eigenvalue weighted by Crippen LogP contribution is 2.10. The van der Waals surface area contributed by atoms with E-state index in [1.807, 2.05) is 11.8 Å². The first-order valence-electron chi connectivity index (χ1n) is 5.77. The zero-order valence-electron chi connectivity index (χ0n) is 9.75. The molecular formula is C11H20N2O2S. The zero-order chi connectivity index (χ0) is 11.8. The van der Waals surface area contributed by atoms with E-state index in [1.54, 1.807) is 0 Å². The zero-order valence-corrected chi connectivity index (χ0v) is 10.6. The number of carbonyl (C=O) groups excluding carboxylic acids is 2. The summed E-state index contributed by atoms with van der Waals surface area (Å²) in [5.74, 6) is 1.27. The molecule has 1 heterocycles. The molecule has 0 saturated carbocycles. The molecule has 1 rings (SSSR count). The van der Waals surface area contributed by atoms with Crippen LogP contribution in [0.4, 0.5) is 0 Å². The fourth-order valence-electron chi connectivity index (χ4n) is 1.68. The van der Waals surface area contributed by atoms with Crippen LogP contribution < -0.4 is 10.6 Å². The molecule has 1 unspecified atom stereocenters. The van der Waals surface area contributed by atoms with E-state index in [0.717, 1.165) is 25.1 Å². The maximum Gasteiger partial charge on any atom is 0.224 e. The molecule has 0 aromatic heterocycles. The van der Waals surface area contributed by atoms with Gasteiger partial charge in [0.2, 0.25) is 11.8 Å². The molecule has 92 valence electrons. The van der Waals surface area contributed by atoms with Gasteiger partial charge in [-0.3, -0.25) is 9.59 Å². The van der Waals surface area contributed by atoms with E-state index in [9.17, 15) is 9.59 Å². The van der Waals surface area contributed by atoms with E-state index < -0.39 is 0 Å². The van der Waals surface area contributed by atoms with Gasteiger partial charge >= 0.3 is 0 Å². The Bertz CT molecular complexity index is 236. The van der Waals surface area contributed by atoms with E-state index in [0.29, 0.717) is 19.4 Å². The van der Waals surface area contributed by atoms with Crippen LogP contribution in [0.3, 0.4) is 0 Å². The number of carbonyl (C=O) groups is 2. The van der Waals surface area contributed by atoms with Crippen molar-refractivity contribution in [2.45, 2.75) is 25.7 Å². The molecule has 1 aliphatic heterocycles. The van der Waals surface area contributed by atoms with Crippen LogP contribution in [0.15, 0.2) is 0 Å². The van der Waals surface area contributed by atoms with Crippen molar-refractivity contribution in [2.75, 3.05) is 25.1 Å². The van der Waals surface area contributed by atoms with Crippen LogP contribution >= 0.6 is 11.8 Å². The number of rotatable bonds is 6. The third-order valence-electron chi connectivity index (χ3n) is 2.71. The third-order valence-corrected chi connectivity index (χ3v) is 3.41. The van der Waals surface area contributed by atoms with Crippen molar-refractivity contribution in [3.05, 3.63) is 0 Å². The Labute approximate surface area is 101 Å². The number of amides is 2. The summed E-state index contributed by atoms with van der Waals surface area (Å²) in [6, 6.07) is 0. The molecule has 0 aliphatic carbocycles. The van der Waals surface area contributed by atoms with Crippen LogP contribution in [0.5, 0.6) is 0 Å². The predicted molar refractivity (Wildman–Crippen MR) is 66.4 cm³/mol. The molecule has 1 aliphatic rings. The third kappa shape index (κ3) is 4.88. The van der Waals surface area contributed by atoms with Crippen LogP contribution in [-0.4, -0.2) is 36.9 Å². The topological polar surface area (TPSA) is 58.2 Å². The second kappa shape index (κ2) is 7.54. The summed E-state index contributed by atoms with van der Waals surface area (Å²) in [7, 11) is 0. The molecule has 0 aromatic carbocycles. The summed E-state index contributed by atoms with van der Waals surface area (Å²) in [5.41, 5.74) is 0. The second-order valence-electron chi connectivity index (χ2n) is 4.03. The van der Waals surface area contributed by atoms with Gasteiger partial charge in [-0.15, -0.1) is 0 Å². The van der Waals surface area contributed by atoms with E-state index in [2.05, 4.69) is 16.9 Å². The van der Waals surface area contributed by atoms with Gasteiger partial charge in [0.1, 0.15) is 0 Å². The molecule has 2 N–H and O–H groups in total. The summed E-state index contributed by atoms with van der Waals surface area (Å²) in [4.78, 5) is 22.6. The van der Waals surface area contributed by atoms with Gasteiger partial charge in [0, 0.05) is 19.5 Å². The molecule has 16 heavy (non-hydrogen) atoms. The first-order chi connectivity index (χ1) is 7.74. The molecule has 5 heteroatoms. The lowest BCUT2D eigenvalue weighted by Gasteiger charge is -2.21. The summed E-state index contributed by atoms with van der Waals surface area (Å²) in [6.45, 7) is 1.25. The lowest BCUT2D eigenvalue weighted by Crippen LogP contribution is -2.43. The van der Waals surface area contributed by atoms with Crippen molar-refractivity contribution in [1.29, 1.82) is 0 Å². The molecule has 0 spiro atoms. The maximum atomic E-state index is 11.7. The van der Waals surface area contributed by atoms with Gasteiger partial charge in [-0.25, -0.2) is 0 Å². The normalized spacial score (nSPS) is 20.3. The average molecular weight is 244 g/mol. The van der Waals surface area contributed by atoms with Crippen molar-refractivity contribution in [3.63, 3.8) is 0 Å². The van der Waals surface area contributed by atoms with Gasteiger partial charge in [-0.05, 0) is 31.3 Å². The fourth-order valence-corrected chi connectivity index (χ4v) is 2.18. The van der Waals surface area contributed by atoms with E-state index in [-0.39, 0.29) is 17.7 Å². The standard InChI is InChI=1S/C11H20N2O2S/c1-16-7-3-2-6-12-11(15)9-4-5-10(14)13-8-9/h9H,2-8H2,1H3,(H,12,15)(H,13,14). The van der Waals surface area contributed by atoms with Crippen LogP contribution in [0.1, 0.15) is 25.7 Å². The second-order valence-corrected chi connectivity index (χ2v) is 5.02. The fraction of sp³-hybridized carbons (Fsp3) is 0.818. The molecule has 2 amide bonds. The minimum Gasteiger partial charge on any atom is -0.356 e. The van der Waals surface area contributed by atoms with Gasteiger partial charge in [0.25, 0.3) is 0 Å². The number of unbranched alkanes of at least 4 members (excludes halogenated alkanes) is 1. The molecule has 1 atom stereocenters.